The van der Waals surface area contributed by atoms with E-state index in [1.165, 1.54) is 43.4 Å². The van der Waals surface area contributed by atoms with Gasteiger partial charge in [0.15, 0.2) is 5.11 Å². The summed E-state index contributed by atoms with van der Waals surface area (Å²) in [7, 11) is 0. The summed E-state index contributed by atoms with van der Waals surface area (Å²) in [5.41, 5.74) is 2.66. The topological polar surface area (TPSA) is 59.6 Å². The summed E-state index contributed by atoms with van der Waals surface area (Å²) in [5.74, 6) is 3.27. The van der Waals surface area contributed by atoms with Crippen molar-refractivity contribution in [3.05, 3.63) is 71.2 Å². The summed E-state index contributed by atoms with van der Waals surface area (Å²) < 4.78 is 0. The molecule has 0 unspecified atom stereocenters. The first-order valence-corrected chi connectivity index (χ1v) is 16.8. The van der Waals surface area contributed by atoms with E-state index < -0.39 is 0 Å². The zero-order valence-corrected chi connectivity index (χ0v) is 26.8. The molecule has 9 heteroatoms. The lowest BCUT2D eigenvalue weighted by Crippen LogP contribution is -2.47. The van der Waals surface area contributed by atoms with Crippen molar-refractivity contribution in [2.24, 2.45) is 5.92 Å². The third-order valence-corrected chi connectivity index (χ3v) is 10.1. The van der Waals surface area contributed by atoms with Crippen LogP contribution in [0.15, 0.2) is 60.7 Å². The second-order valence-electron chi connectivity index (χ2n) is 12.5. The monoisotopic (exact) mass is 617 g/mol. The number of benzene rings is 2. The fraction of sp³-hybridized carbons (Fsp3) is 0.500. The molecule has 1 aliphatic carbocycles. The highest BCUT2D eigenvalue weighted by Gasteiger charge is 2.34. The van der Waals surface area contributed by atoms with E-state index in [0.29, 0.717) is 11.1 Å². The second-order valence-corrected chi connectivity index (χ2v) is 13.4. The Hall–Kier alpha value is -3.10. The van der Waals surface area contributed by atoms with Crippen molar-refractivity contribution >= 4 is 52.2 Å². The molecule has 0 bridgehead atoms. The predicted octanol–water partition coefficient (Wildman–Crippen LogP) is 6.88. The molecule has 2 N–H and O–H groups in total. The smallest absolute Gasteiger partial charge is 0.232 e. The lowest BCUT2D eigenvalue weighted by atomic mass is 9.69. The number of anilines is 4. The van der Waals surface area contributed by atoms with Gasteiger partial charge in [0.1, 0.15) is 11.6 Å². The number of nitrogens with one attached hydrogen (secondary N) is 2. The van der Waals surface area contributed by atoms with Crippen molar-refractivity contribution in [3.63, 3.8) is 0 Å². The molecule has 2 aliphatic heterocycles. The van der Waals surface area contributed by atoms with E-state index in [0.717, 1.165) is 81.2 Å². The van der Waals surface area contributed by atoms with Gasteiger partial charge in [-0.25, -0.2) is 0 Å². The number of hydrogen-bond donors (Lipinski definition) is 2. The van der Waals surface area contributed by atoms with Crippen LogP contribution in [0, 0.1) is 5.92 Å². The molecule has 3 aliphatic rings. The van der Waals surface area contributed by atoms with Crippen molar-refractivity contribution in [1.82, 2.24) is 15.3 Å². The number of aromatic nitrogens is 2. The molecule has 2 aromatic carbocycles. The Morgan fingerprint density at radius 3 is 2.09 bits per heavy atom. The van der Waals surface area contributed by atoms with E-state index in [9.17, 15) is 0 Å². The molecule has 3 fully saturated rings. The van der Waals surface area contributed by atoms with Gasteiger partial charge in [-0.15, -0.1) is 0 Å². The minimum atomic E-state index is 0.0470. The summed E-state index contributed by atoms with van der Waals surface area (Å²) in [4.78, 5) is 17.2. The zero-order valence-electron chi connectivity index (χ0n) is 25.3. The maximum absolute atomic E-state index is 6.22. The minimum Gasteiger partial charge on any atom is -0.368 e. The molecule has 1 aromatic heterocycles. The Morgan fingerprint density at radius 1 is 0.837 bits per heavy atom. The molecule has 1 saturated carbocycles. The highest BCUT2D eigenvalue weighted by molar-refractivity contribution is 7.80. The first-order chi connectivity index (χ1) is 21.0. The van der Waals surface area contributed by atoms with Gasteiger partial charge in [-0.1, -0.05) is 68.1 Å². The van der Waals surface area contributed by atoms with Gasteiger partial charge >= 0.3 is 0 Å². The van der Waals surface area contributed by atoms with Crippen LogP contribution in [-0.4, -0.2) is 60.9 Å². The summed E-state index contributed by atoms with van der Waals surface area (Å²) in [6.45, 7) is 8.90. The fourth-order valence-corrected chi connectivity index (χ4v) is 7.16. The van der Waals surface area contributed by atoms with Crippen molar-refractivity contribution in [1.29, 1.82) is 0 Å². The lowest BCUT2D eigenvalue weighted by molar-refractivity contribution is 0.292. The molecule has 6 rings (SSSR count). The van der Waals surface area contributed by atoms with Gasteiger partial charge in [0, 0.05) is 68.0 Å². The molecule has 3 aromatic rings. The van der Waals surface area contributed by atoms with E-state index in [4.69, 9.17) is 33.8 Å². The molecule has 0 atom stereocenters. The van der Waals surface area contributed by atoms with Gasteiger partial charge in [-0.05, 0) is 73.6 Å². The number of piperidine rings is 1. The van der Waals surface area contributed by atoms with Gasteiger partial charge in [-0.3, -0.25) is 0 Å². The first-order valence-electron chi connectivity index (χ1n) is 16.0. The summed E-state index contributed by atoms with van der Waals surface area (Å²) >= 11 is 12.1. The molecule has 3 heterocycles. The first kappa shape index (κ1) is 29.9. The Bertz CT molecular complexity index is 1350. The van der Waals surface area contributed by atoms with Crippen LogP contribution in [0.2, 0.25) is 5.02 Å². The maximum atomic E-state index is 6.22. The number of piperazine rings is 1. The molecule has 2 saturated heterocycles. The van der Waals surface area contributed by atoms with E-state index in [2.05, 4.69) is 80.8 Å². The van der Waals surface area contributed by atoms with Gasteiger partial charge in [0.25, 0.3) is 0 Å². The van der Waals surface area contributed by atoms with Gasteiger partial charge in [0.2, 0.25) is 5.95 Å². The van der Waals surface area contributed by atoms with Gasteiger partial charge < -0.3 is 25.3 Å². The number of thiocarbonyl (C=S) groups is 1. The van der Waals surface area contributed by atoms with Crippen LogP contribution in [0.4, 0.5) is 23.3 Å². The average Bonchev–Trinajstić information content (AvgIpc) is 3.05. The molecule has 228 valence electrons. The molecular formula is C34H44ClN7S. The number of rotatable bonds is 7. The van der Waals surface area contributed by atoms with Crippen LogP contribution >= 0.6 is 23.8 Å². The number of para-hydroxylation sites is 1. The van der Waals surface area contributed by atoms with Crippen LogP contribution < -0.4 is 25.3 Å². The van der Waals surface area contributed by atoms with Crippen molar-refractivity contribution in [3.8, 4) is 0 Å². The van der Waals surface area contributed by atoms with E-state index >= 15 is 0 Å². The van der Waals surface area contributed by atoms with Crippen LogP contribution in [0.5, 0.6) is 0 Å². The number of nitrogens with zero attached hydrogens (tertiary/aromatic N) is 5. The lowest BCUT2D eigenvalue weighted by Gasteiger charge is -2.38. The van der Waals surface area contributed by atoms with E-state index in [-0.39, 0.29) is 5.41 Å². The molecule has 0 spiro atoms. The summed E-state index contributed by atoms with van der Waals surface area (Å²) in [6.07, 6.45) is 8.40. The summed E-state index contributed by atoms with van der Waals surface area (Å²) in [5, 5.41) is 8.28. The van der Waals surface area contributed by atoms with Crippen LogP contribution in [0.1, 0.15) is 57.4 Å². The van der Waals surface area contributed by atoms with Crippen molar-refractivity contribution in [2.45, 2.75) is 57.3 Å². The van der Waals surface area contributed by atoms with Crippen LogP contribution in [0.25, 0.3) is 0 Å². The fourth-order valence-electron chi connectivity index (χ4n) is 6.87. The van der Waals surface area contributed by atoms with Gasteiger partial charge in [-0.2, -0.15) is 9.97 Å². The maximum Gasteiger partial charge on any atom is 0.232 e. The Balaban J connectivity index is 1.17. The predicted molar refractivity (Wildman–Crippen MR) is 184 cm³/mol. The molecule has 43 heavy (non-hydrogen) atoms. The molecule has 0 amide bonds. The third kappa shape index (κ3) is 7.35. The van der Waals surface area contributed by atoms with Crippen LogP contribution in [0.3, 0.4) is 0 Å². The average molecular weight is 618 g/mol. The zero-order chi connectivity index (χ0) is 29.6. The Labute approximate surface area is 267 Å². The molecule has 0 radical (unpaired) electrons. The Morgan fingerprint density at radius 2 is 1.44 bits per heavy atom. The molecule has 7 nitrogen and oxygen atoms in total. The minimum absolute atomic E-state index is 0.0470. The van der Waals surface area contributed by atoms with E-state index in [1.807, 2.05) is 12.1 Å². The van der Waals surface area contributed by atoms with Gasteiger partial charge in [0.05, 0.1) is 0 Å². The van der Waals surface area contributed by atoms with Crippen LogP contribution in [-0.2, 0) is 5.41 Å². The molecular weight excluding hydrogens is 574 g/mol. The SMILES string of the molecule is CC1CCN(c2cc(N3CCN(c4ccccc4)CC3)nc(NC(=S)NCC3(c4ccc(Cl)cc4)CCCCC3)n2)CC1. The summed E-state index contributed by atoms with van der Waals surface area (Å²) in [6, 6.07) is 21.2. The highest BCUT2D eigenvalue weighted by Crippen LogP contribution is 2.39. The third-order valence-electron chi connectivity index (χ3n) is 9.61. The number of halogens is 1. The van der Waals surface area contributed by atoms with Crippen molar-refractivity contribution in [2.75, 3.05) is 65.8 Å². The quantitative estimate of drug-likeness (QED) is 0.278. The standard InChI is InChI=1S/C34H44ClN7S/c1-26-14-18-41(19-15-26)30-24-31(42-22-20-40(21-23-42)29-8-4-2-5-9-29)38-32(37-30)39-33(43)36-25-34(16-6-3-7-17-34)27-10-12-28(35)13-11-27/h2,4-5,8-13,24,26H,3,6-7,14-23,25H2,1H3,(H2,36,37,38,39,43). The highest BCUT2D eigenvalue weighted by atomic mass is 35.5. The Kier molecular flexibility index (Phi) is 9.53. The normalized spacial score (nSPS) is 19.3. The second kappa shape index (κ2) is 13.7. The number of hydrogen-bond acceptors (Lipinski definition) is 6. The van der Waals surface area contributed by atoms with E-state index in [1.54, 1.807) is 0 Å². The van der Waals surface area contributed by atoms with Crippen molar-refractivity contribution < 1.29 is 0 Å². The largest absolute Gasteiger partial charge is 0.368 e.